The summed E-state index contributed by atoms with van der Waals surface area (Å²) in [5, 5.41) is 0. The second kappa shape index (κ2) is 9.20. The van der Waals surface area contributed by atoms with Crippen LogP contribution in [0.25, 0.3) is 0 Å². The molecule has 2 aromatic rings. The number of hydrogen-bond donors (Lipinski definition) is 0. The zero-order chi connectivity index (χ0) is 22.0. The molecule has 0 N–H and O–H groups in total. The zero-order valence-corrected chi connectivity index (χ0v) is 18.8. The first-order valence-corrected chi connectivity index (χ1v) is 11.0. The predicted octanol–water partition coefficient (Wildman–Crippen LogP) is 2.09. The van der Waals surface area contributed by atoms with Crippen LogP contribution < -0.4 is 0 Å². The zero-order valence-electron chi connectivity index (χ0n) is 18.8. The summed E-state index contributed by atoms with van der Waals surface area (Å²) in [6.07, 6.45) is 0.690. The summed E-state index contributed by atoms with van der Waals surface area (Å²) in [6, 6.07) is 16.0. The Morgan fingerprint density at radius 1 is 0.903 bits per heavy atom. The number of fused-ring (bicyclic) bond motifs is 1. The van der Waals surface area contributed by atoms with Crippen molar-refractivity contribution < 1.29 is 9.59 Å². The summed E-state index contributed by atoms with van der Waals surface area (Å²) in [5.74, 6) is 0.232. The van der Waals surface area contributed by atoms with E-state index in [1.807, 2.05) is 59.1 Å². The molecule has 2 amide bonds. The molecule has 0 bridgehead atoms. The van der Waals surface area contributed by atoms with Crippen LogP contribution in [0.4, 0.5) is 0 Å². The van der Waals surface area contributed by atoms with Gasteiger partial charge < -0.3 is 9.80 Å². The van der Waals surface area contributed by atoms with E-state index in [-0.39, 0.29) is 17.9 Å². The third kappa shape index (κ3) is 4.65. The molecule has 1 saturated heterocycles. The lowest BCUT2D eigenvalue weighted by Gasteiger charge is -2.38. The minimum Gasteiger partial charge on any atom is -0.338 e. The van der Waals surface area contributed by atoms with Crippen LogP contribution in [-0.2, 0) is 24.3 Å². The van der Waals surface area contributed by atoms with Gasteiger partial charge in [-0.1, -0.05) is 42.5 Å². The maximum atomic E-state index is 13.3. The Kier molecular flexibility index (Phi) is 6.39. The van der Waals surface area contributed by atoms with Gasteiger partial charge in [0.1, 0.15) is 0 Å². The molecule has 6 nitrogen and oxygen atoms in total. The molecule has 6 heteroatoms. The van der Waals surface area contributed by atoms with E-state index >= 15 is 0 Å². The molecular weight excluding hydrogens is 388 g/mol. The second-order valence-electron chi connectivity index (χ2n) is 8.90. The van der Waals surface area contributed by atoms with Gasteiger partial charge in [-0.25, -0.2) is 0 Å². The van der Waals surface area contributed by atoms with Gasteiger partial charge in [-0.15, -0.1) is 0 Å². The van der Waals surface area contributed by atoms with Crippen LogP contribution in [0.5, 0.6) is 0 Å². The van der Waals surface area contributed by atoms with Crippen molar-refractivity contribution in [1.29, 1.82) is 0 Å². The van der Waals surface area contributed by atoms with E-state index in [1.54, 1.807) is 0 Å². The van der Waals surface area contributed by atoms with Crippen molar-refractivity contribution in [3.63, 3.8) is 0 Å². The second-order valence-corrected chi connectivity index (χ2v) is 8.90. The summed E-state index contributed by atoms with van der Waals surface area (Å²) < 4.78 is 0. The summed E-state index contributed by atoms with van der Waals surface area (Å²) in [7, 11) is 5.99. The average molecular weight is 421 g/mol. The molecule has 0 radical (unpaired) electrons. The molecule has 0 spiro atoms. The molecule has 0 aromatic heterocycles. The highest BCUT2D eigenvalue weighted by atomic mass is 16.2. The summed E-state index contributed by atoms with van der Waals surface area (Å²) >= 11 is 0. The van der Waals surface area contributed by atoms with Gasteiger partial charge in [0.25, 0.3) is 5.91 Å². The number of piperazine rings is 1. The molecule has 31 heavy (non-hydrogen) atoms. The highest BCUT2D eigenvalue weighted by molar-refractivity contribution is 5.96. The largest absolute Gasteiger partial charge is 0.338 e. The Balaban J connectivity index is 1.39. The Bertz CT molecular complexity index is 936. The van der Waals surface area contributed by atoms with Crippen molar-refractivity contribution >= 4 is 11.8 Å². The van der Waals surface area contributed by atoms with Crippen LogP contribution >= 0.6 is 0 Å². The molecule has 1 fully saturated rings. The Morgan fingerprint density at radius 3 is 2.26 bits per heavy atom. The fourth-order valence-electron chi connectivity index (χ4n) is 4.63. The Morgan fingerprint density at radius 2 is 1.58 bits per heavy atom. The number of amides is 2. The fraction of sp³-hybridized carbons (Fsp3) is 0.440. The number of likely N-dealkylation sites (N-methyl/N-ethyl adjacent to an activating group) is 1. The van der Waals surface area contributed by atoms with Crippen LogP contribution in [0.1, 0.15) is 27.0 Å². The summed E-state index contributed by atoms with van der Waals surface area (Å²) in [5.41, 5.74) is 4.38. The normalized spacial score (nSPS) is 17.7. The van der Waals surface area contributed by atoms with Gasteiger partial charge in [-0.2, -0.15) is 0 Å². The first-order valence-electron chi connectivity index (χ1n) is 11.0. The van der Waals surface area contributed by atoms with Crippen LogP contribution in [0.2, 0.25) is 0 Å². The minimum absolute atomic E-state index is 0.0905. The highest BCUT2D eigenvalue weighted by Crippen LogP contribution is 2.26. The molecule has 2 aliphatic rings. The van der Waals surface area contributed by atoms with Crippen LogP contribution in [0, 0.1) is 0 Å². The number of carbonyl (C=O) groups is 2. The lowest BCUT2D eigenvalue weighted by atomic mass is 10.0. The van der Waals surface area contributed by atoms with Crippen molar-refractivity contribution in [3.8, 4) is 0 Å². The van der Waals surface area contributed by atoms with Crippen molar-refractivity contribution in [2.24, 2.45) is 0 Å². The van der Waals surface area contributed by atoms with Gasteiger partial charge in [-0.3, -0.25) is 19.4 Å². The quantitative estimate of drug-likeness (QED) is 0.743. The highest BCUT2D eigenvalue weighted by Gasteiger charge is 2.31. The van der Waals surface area contributed by atoms with Crippen molar-refractivity contribution in [1.82, 2.24) is 19.6 Å². The summed E-state index contributed by atoms with van der Waals surface area (Å²) in [6.45, 7) is 4.04. The topological polar surface area (TPSA) is 47.1 Å². The van der Waals surface area contributed by atoms with Gasteiger partial charge in [0, 0.05) is 44.8 Å². The van der Waals surface area contributed by atoms with Crippen LogP contribution in [0.15, 0.2) is 48.5 Å². The maximum Gasteiger partial charge on any atom is 0.254 e. The van der Waals surface area contributed by atoms with Gasteiger partial charge in [-0.05, 0) is 50.3 Å². The monoisotopic (exact) mass is 420 g/mol. The standard InChI is InChI=1S/C25H32N4O2/c1-26(2)23(16-19-8-5-4-6-9-19)25(31)29-14-12-28(13-15-29)24(30)21-11-7-10-20-17-27(3)18-22(20)21/h4-11,23H,12-18H2,1-3H3. The number of hydrogen-bond acceptors (Lipinski definition) is 4. The van der Waals surface area contributed by atoms with E-state index in [0.29, 0.717) is 32.6 Å². The smallest absolute Gasteiger partial charge is 0.254 e. The van der Waals surface area contributed by atoms with Crippen LogP contribution in [0.3, 0.4) is 0 Å². The van der Waals surface area contributed by atoms with Crippen molar-refractivity contribution in [3.05, 3.63) is 70.8 Å². The molecule has 2 heterocycles. The van der Waals surface area contributed by atoms with E-state index in [1.165, 1.54) is 5.56 Å². The molecule has 4 rings (SSSR count). The van der Waals surface area contributed by atoms with E-state index < -0.39 is 0 Å². The van der Waals surface area contributed by atoms with Crippen molar-refractivity contribution in [2.45, 2.75) is 25.6 Å². The lowest BCUT2D eigenvalue weighted by molar-refractivity contribution is -0.137. The molecule has 2 aliphatic heterocycles. The Labute approximate surface area is 185 Å². The minimum atomic E-state index is -0.197. The molecule has 0 saturated carbocycles. The number of rotatable bonds is 5. The molecule has 2 aromatic carbocycles. The molecule has 0 aliphatic carbocycles. The number of benzene rings is 2. The number of carbonyl (C=O) groups excluding carboxylic acids is 2. The predicted molar refractivity (Wildman–Crippen MR) is 122 cm³/mol. The van der Waals surface area contributed by atoms with E-state index in [4.69, 9.17) is 0 Å². The van der Waals surface area contributed by atoms with E-state index in [9.17, 15) is 9.59 Å². The number of nitrogens with zero attached hydrogens (tertiary/aromatic N) is 4. The SMILES string of the molecule is CN1Cc2cccc(C(=O)N3CCN(C(=O)C(Cc4ccccc4)N(C)C)CC3)c2C1. The van der Waals surface area contributed by atoms with Gasteiger partial charge in [0.2, 0.25) is 5.91 Å². The molecule has 1 unspecified atom stereocenters. The van der Waals surface area contributed by atoms with Gasteiger partial charge in [0.05, 0.1) is 6.04 Å². The third-order valence-electron chi connectivity index (χ3n) is 6.43. The lowest BCUT2D eigenvalue weighted by Crippen LogP contribution is -2.55. The van der Waals surface area contributed by atoms with E-state index in [0.717, 1.165) is 29.8 Å². The van der Waals surface area contributed by atoms with Gasteiger partial charge >= 0.3 is 0 Å². The first-order chi connectivity index (χ1) is 14.9. The maximum absolute atomic E-state index is 13.3. The van der Waals surface area contributed by atoms with Gasteiger partial charge in [0.15, 0.2) is 0 Å². The summed E-state index contributed by atoms with van der Waals surface area (Å²) in [4.78, 5) is 34.5. The molecule has 1 atom stereocenters. The average Bonchev–Trinajstić information content (AvgIpc) is 3.17. The fourth-order valence-corrected chi connectivity index (χ4v) is 4.63. The first kappa shape index (κ1) is 21.5. The van der Waals surface area contributed by atoms with E-state index in [2.05, 4.69) is 30.1 Å². The Hall–Kier alpha value is -2.70. The van der Waals surface area contributed by atoms with Crippen LogP contribution in [-0.4, -0.2) is 84.8 Å². The molecular formula is C25H32N4O2. The molecule has 164 valence electrons. The van der Waals surface area contributed by atoms with Crippen molar-refractivity contribution in [2.75, 3.05) is 47.3 Å². The third-order valence-corrected chi connectivity index (χ3v) is 6.43.